The summed E-state index contributed by atoms with van der Waals surface area (Å²) < 4.78 is 61.0. The van der Waals surface area contributed by atoms with E-state index in [1.807, 2.05) is 0 Å². The van der Waals surface area contributed by atoms with Crippen LogP contribution in [0.1, 0.15) is 12.5 Å². The number of anilines is 1. The number of benzene rings is 1. The summed E-state index contributed by atoms with van der Waals surface area (Å²) in [6, 6.07) is 5.13. The van der Waals surface area contributed by atoms with E-state index < -0.39 is 15.5 Å². The van der Waals surface area contributed by atoms with Gasteiger partial charge in [-0.1, -0.05) is 16.8 Å². The van der Waals surface area contributed by atoms with Crippen LogP contribution in [0.15, 0.2) is 23.4 Å². The van der Waals surface area contributed by atoms with E-state index in [1.54, 1.807) is 6.07 Å². The fraction of sp³-hybridized carbons (Fsp3) is 0.273. The maximum absolute atomic E-state index is 12.4. The molecule has 0 atom stereocenters. The van der Waals surface area contributed by atoms with Gasteiger partial charge in [-0.05, 0) is 25.1 Å². The molecule has 0 spiro atoms. The van der Waals surface area contributed by atoms with Crippen molar-refractivity contribution in [2.24, 2.45) is 5.16 Å². The molecule has 0 amide bonds. The van der Waals surface area contributed by atoms with E-state index in [0.29, 0.717) is 0 Å². The highest BCUT2D eigenvalue weighted by Gasteiger charge is 2.46. The van der Waals surface area contributed by atoms with Crippen molar-refractivity contribution in [3.8, 4) is 6.07 Å². The van der Waals surface area contributed by atoms with Crippen molar-refractivity contribution in [1.82, 2.24) is 0 Å². The highest BCUT2D eigenvalue weighted by atomic mass is 35.5. The van der Waals surface area contributed by atoms with E-state index >= 15 is 0 Å². The molecule has 22 heavy (non-hydrogen) atoms. The average Bonchev–Trinajstić information content (AvgIpc) is 2.39. The Bertz CT molecular complexity index is 726. The summed E-state index contributed by atoms with van der Waals surface area (Å²) in [6.07, 6.45) is 0. The topological polar surface area (TPSA) is 91.5 Å². The van der Waals surface area contributed by atoms with Crippen molar-refractivity contribution in [2.75, 3.05) is 11.3 Å². The van der Waals surface area contributed by atoms with Gasteiger partial charge in [0, 0.05) is 10.6 Å². The van der Waals surface area contributed by atoms with Crippen LogP contribution in [-0.4, -0.2) is 26.2 Å². The summed E-state index contributed by atoms with van der Waals surface area (Å²) in [6.45, 7) is 0.982. The molecular formula is C11H9ClF3N3O3S. The van der Waals surface area contributed by atoms with Crippen LogP contribution in [0.2, 0.25) is 5.02 Å². The van der Waals surface area contributed by atoms with Crippen molar-refractivity contribution < 1.29 is 26.4 Å². The number of rotatable bonds is 5. The first kappa shape index (κ1) is 18.1. The van der Waals surface area contributed by atoms with Gasteiger partial charge in [-0.15, -0.1) is 0 Å². The van der Waals surface area contributed by atoms with Gasteiger partial charge < -0.3 is 4.84 Å². The lowest BCUT2D eigenvalue weighted by atomic mass is 10.1. The number of alkyl halides is 3. The lowest BCUT2D eigenvalue weighted by Gasteiger charge is -2.14. The first-order valence-corrected chi connectivity index (χ1v) is 7.37. The highest BCUT2D eigenvalue weighted by molar-refractivity contribution is 7.93. The van der Waals surface area contributed by atoms with Crippen molar-refractivity contribution >= 4 is 33.0 Å². The zero-order valence-electron chi connectivity index (χ0n) is 11.0. The fourth-order valence-corrected chi connectivity index (χ4v) is 2.07. The molecule has 0 fully saturated rings. The minimum Gasteiger partial charge on any atom is -0.380 e. The number of hydrogen-bond donors (Lipinski definition) is 1. The number of hydrogen-bond acceptors (Lipinski definition) is 5. The van der Waals surface area contributed by atoms with Gasteiger partial charge in [0.25, 0.3) is 0 Å². The van der Waals surface area contributed by atoms with Crippen molar-refractivity contribution in [2.45, 2.75) is 12.4 Å². The van der Waals surface area contributed by atoms with E-state index in [1.165, 1.54) is 23.8 Å². The SMILES string of the molecule is CC(=NOCC#N)c1cc(Cl)ccc1NS(=O)(=O)C(F)(F)F. The fourth-order valence-electron chi connectivity index (χ4n) is 1.31. The molecule has 0 heterocycles. The Morgan fingerprint density at radius 3 is 2.68 bits per heavy atom. The van der Waals surface area contributed by atoms with Crippen molar-refractivity contribution in [1.29, 1.82) is 5.26 Å². The molecule has 0 saturated heterocycles. The molecule has 11 heteroatoms. The maximum Gasteiger partial charge on any atom is 0.516 e. The molecule has 6 nitrogen and oxygen atoms in total. The Hall–Kier alpha value is -1.99. The van der Waals surface area contributed by atoms with Crippen LogP contribution in [0, 0.1) is 11.3 Å². The first-order chi connectivity index (χ1) is 10.1. The molecule has 1 aromatic carbocycles. The Kier molecular flexibility index (Phi) is 5.62. The average molecular weight is 356 g/mol. The summed E-state index contributed by atoms with van der Waals surface area (Å²) in [7, 11) is -5.59. The number of oxime groups is 1. The molecule has 0 aliphatic rings. The van der Waals surface area contributed by atoms with Gasteiger partial charge in [0.05, 0.1) is 11.4 Å². The molecule has 1 rings (SSSR count). The molecule has 0 aromatic heterocycles. The largest absolute Gasteiger partial charge is 0.516 e. The second-order valence-electron chi connectivity index (χ2n) is 3.85. The summed E-state index contributed by atoms with van der Waals surface area (Å²) in [5, 5.41) is 12.0. The Labute approximate surface area is 129 Å². The molecule has 0 aliphatic heterocycles. The Morgan fingerprint density at radius 1 is 1.50 bits per heavy atom. The van der Waals surface area contributed by atoms with Gasteiger partial charge in [-0.25, -0.2) is 0 Å². The molecule has 1 N–H and O–H groups in total. The predicted octanol–water partition coefficient (Wildman–Crippen LogP) is 2.87. The van der Waals surface area contributed by atoms with Crippen LogP contribution in [0.5, 0.6) is 0 Å². The third-order valence-corrected chi connectivity index (χ3v) is 3.58. The first-order valence-electron chi connectivity index (χ1n) is 5.51. The summed E-state index contributed by atoms with van der Waals surface area (Å²) in [5.74, 6) is 0. The van der Waals surface area contributed by atoms with Gasteiger partial charge >= 0.3 is 15.5 Å². The monoisotopic (exact) mass is 355 g/mol. The highest BCUT2D eigenvalue weighted by Crippen LogP contribution is 2.28. The van der Waals surface area contributed by atoms with Crippen LogP contribution >= 0.6 is 11.6 Å². The predicted molar refractivity (Wildman–Crippen MR) is 73.8 cm³/mol. The normalized spacial score (nSPS) is 12.6. The quantitative estimate of drug-likeness (QED) is 0.499. The van der Waals surface area contributed by atoms with Crippen molar-refractivity contribution in [3.05, 3.63) is 28.8 Å². The van der Waals surface area contributed by atoms with Crippen LogP contribution in [0.3, 0.4) is 0 Å². The molecule has 0 aliphatic carbocycles. The van der Waals surface area contributed by atoms with Crippen LogP contribution < -0.4 is 4.72 Å². The van der Waals surface area contributed by atoms with Crippen LogP contribution in [0.25, 0.3) is 0 Å². The Balaban J connectivity index is 3.23. The minimum absolute atomic E-state index is 0.0155. The number of halogens is 4. The van der Waals surface area contributed by atoms with Crippen LogP contribution in [0.4, 0.5) is 18.9 Å². The van der Waals surface area contributed by atoms with Crippen LogP contribution in [-0.2, 0) is 14.9 Å². The third-order valence-electron chi connectivity index (χ3n) is 2.25. The number of nitrogens with one attached hydrogen (secondary N) is 1. The molecule has 0 unspecified atom stereocenters. The van der Waals surface area contributed by atoms with E-state index in [2.05, 4.69) is 9.99 Å². The standard InChI is InChI=1S/C11H9ClF3N3O3S/c1-7(17-21-5-4-16)9-6-8(12)2-3-10(9)18-22(19,20)11(13,14)15/h2-3,6,18H,5H2,1H3. The molecule has 0 saturated carbocycles. The maximum atomic E-state index is 12.4. The van der Waals surface area contributed by atoms with E-state index in [4.69, 9.17) is 16.9 Å². The number of sulfonamides is 1. The number of nitriles is 1. The van der Waals surface area contributed by atoms with Gasteiger partial charge in [0.1, 0.15) is 6.07 Å². The van der Waals surface area contributed by atoms with E-state index in [9.17, 15) is 21.6 Å². The summed E-state index contributed by atoms with van der Waals surface area (Å²) in [5.41, 5.74) is -5.81. The zero-order chi connectivity index (χ0) is 17.0. The van der Waals surface area contributed by atoms with E-state index in [-0.39, 0.29) is 28.6 Å². The van der Waals surface area contributed by atoms with Gasteiger partial charge in [-0.3, -0.25) is 4.72 Å². The zero-order valence-corrected chi connectivity index (χ0v) is 12.6. The van der Waals surface area contributed by atoms with Crippen molar-refractivity contribution in [3.63, 3.8) is 0 Å². The molecular weight excluding hydrogens is 347 g/mol. The second kappa shape index (κ2) is 6.85. The lowest BCUT2D eigenvalue weighted by molar-refractivity contribution is -0.0429. The summed E-state index contributed by atoms with van der Waals surface area (Å²) in [4.78, 5) is 4.58. The summed E-state index contributed by atoms with van der Waals surface area (Å²) >= 11 is 5.74. The van der Waals surface area contributed by atoms with Gasteiger partial charge in [0.2, 0.25) is 6.61 Å². The molecule has 120 valence electrons. The number of nitrogens with zero attached hydrogens (tertiary/aromatic N) is 2. The molecule has 0 bridgehead atoms. The Morgan fingerprint density at radius 2 is 2.14 bits per heavy atom. The lowest BCUT2D eigenvalue weighted by Crippen LogP contribution is -2.30. The van der Waals surface area contributed by atoms with Gasteiger partial charge in [-0.2, -0.15) is 26.9 Å². The molecule has 0 radical (unpaired) electrons. The van der Waals surface area contributed by atoms with Gasteiger partial charge in [0.15, 0.2) is 0 Å². The second-order valence-corrected chi connectivity index (χ2v) is 5.96. The third kappa shape index (κ3) is 4.51. The molecule has 1 aromatic rings. The van der Waals surface area contributed by atoms with E-state index in [0.717, 1.165) is 6.07 Å². The smallest absolute Gasteiger partial charge is 0.380 e. The minimum atomic E-state index is -5.59.